The number of sulfonamides is 1. The number of para-hydroxylation sites is 1. The van der Waals surface area contributed by atoms with Crippen molar-refractivity contribution < 1.29 is 12.8 Å². The highest BCUT2D eigenvalue weighted by Crippen LogP contribution is 2.21. The second-order valence-corrected chi connectivity index (χ2v) is 6.23. The molecule has 5 nitrogen and oxygen atoms in total. The van der Waals surface area contributed by atoms with Crippen molar-refractivity contribution in [3.05, 3.63) is 47.7 Å². The van der Waals surface area contributed by atoms with E-state index in [0.29, 0.717) is 18.0 Å². The highest BCUT2D eigenvalue weighted by Gasteiger charge is 2.19. The molecule has 1 heterocycles. The van der Waals surface area contributed by atoms with Crippen molar-refractivity contribution >= 4 is 15.7 Å². The maximum absolute atomic E-state index is 12.3. The number of furan rings is 1. The standard InChI is InChI=1S/C15H20N2O3S/c1-3-12-7-5-6-8-14(12)17-21(18,19)15-10-9-13(20-15)11-16-4-2/h5-10,16-17H,3-4,11H2,1-2H3. The van der Waals surface area contributed by atoms with Gasteiger partial charge in [-0.1, -0.05) is 32.0 Å². The van der Waals surface area contributed by atoms with Crippen LogP contribution in [0.25, 0.3) is 0 Å². The summed E-state index contributed by atoms with van der Waals surface area (Å²) in [6.07, 6.45) is 0.752. The molecule has 2 rings (SSSR count). The quantitative estimate of drug-likeness (QED) is 0.825. The SMILES string of the molecule is CCNCc1ccc(S(=O)(=O)Nc2ccccc2CC)o1. The van der Waals surface area contributed by atoms with E-state index < -0.39 is 10.0 Å². The molecule has 0 amide bonds. The van der Waals surface area contributed by atoms with Crippen LogP contribution in [0.2, 0.25) is 0 Å². The summed E-state index contributed by atoms with van der Waals surface area (Å²) in [5.41, 5.74) is 1.53. The van der Waals surface area contributed by atoms with Gasteiger partial charge >= 0.3 is 0 Å². The number of benzene rings is 1. The maximum atomic E-state index is 12.3. The first-order chi connectivity index (χ1) is 10.1. The molecule has 0 aliphatic heterocycles. The Morgan fingerprint density at radius 1 is 1.10 bits per heavy atom. The van der Waals surface area contributed by atoms with Crippen LogP contribution in [0.15, 0.2) is 45.9 Å². The minimum atomic E-state index is -3.69. The summed E-state index contributed by atoms with van der Waals surface area (Å²) in [5.74, 6) is 0.598. The topological polar surface area (TPSA) is 71.3 Å². The zero-order chi connectivity index (χ0) is 15.3. The van der Waals surface area contributed by atoms with Gasteiger partial charge < -0.3 is 9.73 Å². The van der Waals surface area contributed by atoms with Gasteiger partial charge in [0.1, 0.15) is 5.76 Å². The molecule has 0 saturated heterocycles. The normalized spacial score (nSPS) is 11.5. The number of hydrogen-bond donors (Lipinski definition) is 2. The predicted molar refractivity (Wildman–Crippen MR) is 82.7 cm³/mol. The molecule has 0 spiro atoms. The average Bonchev–Trinajstić information content (AvgIpc) is 2.95. The van der Waals surface area contributed by atoms with Crippen LogP contribution in [-0.4, -0.2) is 15.0 Å². The lowest BCUT2D eigenvalue weighted by Gasteiger charge is -2.09. The fraction of sp³-hybridized carbons (Fsp3) is 0.333. The molecule has 0 bridgehead atoms. The number of aryl methyl sites for hydroxylation is 1. The Balaban J connectivity index is 2.20. The van der Waals surface area contributed by atoms with E-state index in [9.17, 15) is 8.42 Å². The summed E-state index contributed by atoms with van der Waals surface area (Å²) in [5, 5.41) is 3.02. The summed E-state index contributed by atoms with van der Waals surface area (Å²) in [7, 11) is -3.69. The Labute approximate surface area is 125 Å². The molecule has 6 heteroatoms. The monoisotopic (exact) mass is 308 g/mol. The van der Waals surface area contributed by atoms with Crippen molar-refractivity contribution in [1.82, 2.24) is 5.32 Å². The molecule has 0 atom stereocenters. The van der Waals surface area contributed by atoms with Crippen LogP contribution in [0.4, 0.5) is 5.69 Å². The van der Waals surface area contributed by atoms with E-state index in [4.69, 9.17) is 4.42 Å². The molecular weight excluding hydrogens is 288 g/mol. The summed E-state index contributed by atoms with van der Waals surface area (Å²) >= 11 is 0. The van der Waals surface area contributed by atoms with Crippen molar-refractivity contribution in [1.29, 1.82) is 0 Å². The lowest BCUT2D eigenvalue weighted by Crippen LogP contribution is -2.14. The van der Waals surface area contributed by atoms with Crippen LogP contribution in [0.3, 0.4) is 0 Å². The van der Waals surface area contributed by atoms with Gasteiger partial charge in [-0.25, -0.2) is 0 Å². The molecule has 2 N–H and O–H groups in total. The number of nitrogens with one attached hydrogen (secondary N) is 2. The zero-order valence-corrected chi connectivity index (χ0v) is 13.0. The third-order valence-corrected chi connectivity index (χ3v) is 4.33. The number of rotatable bonds is 7. The van der Waals surface area contributed by atoms with Gasteiger partial charge in [0.25, 0.3) is 10.0 Å². The first-order valence-corrected chi connectivity index (χ1v) is 8.45. The highest BCUT2D eigenvalue weighted by molar-refractivity contribution is 7.92. The molecule has 0 unspecified atom stereocenters. The number of anilines is 1. The smallest absolute Gasteiger partial charge is 0.295 e. The lowest BCUT2D eigenvalue weighted by atomic mass is 10.1. The number of hydrogen-bond acceptors (Lipinski definition) is 4. The first kappa shape index (κ1) is 15.6. The summed E-state index contributed by atoms with van der Waals surface area (Å²) in [6.45, 7) is 5.26. The van der Waals surface area contributed by atoms with E-state index in [1.807, 2.05) is 26.0 Å². The van der Waals surface area contributed by atoms with Gasteiger partial charge in [0.15, 0.2) is 0 Å². The Kier molecular flexibility index (Phi) is 5.03. The van der Waals surface area contributed by atoms with Crippen LogP contribution in [0.1, 0.15) is 25.2 Å². The highest BCUT2D eigenvalue weighted by atomic mass is 32.2. The molecule has 1 aromatic heterocycles. The molecule has 1 aromatic carbocycles. The van der Waals surface area contributed by atoms with E-state index in [0.717, 1.165) is 18.5 Å². The van der Waals surface area contributed by atoms with Crippen molar-refractivity contribution in [2.45, 2.75) is 31.9 Å². The average molecular weight is 308 g/mol. The van der Waals surface area contributed by atoms with Gasteiger partial charge in [-0.15, -0.1) is 0 Å². The zero-order valence-electron chi connectivity index (χ0n) is 12.2. The molecule has 0 aliphatic carbocycles. The lowest BCUT2D eigenvalue weighted by molar-refractivity contribution is 0.405. The molecule has 114 valence electrons. The molecule has 0 fully saturated rings. The van der Waals surface area contributed by atoms with Gasteiger partial charge in [0.2, 0.25) is 5.09 Å². The minimum Gasteiger partial charge on any atom is -0.446 e. The molecule has 2 aromatic rings. The van der Waals surface area contributed by atoms with Crippen molar-refractivity contribution in [2.75, 3.05) is 11.3 Å². The largest absolute Gasteiger partial charge is 0.446 e. The molecule has 0 aliphatic rings. The molecule has 21 heavy (non-hydrogen) atoms. The summed E-state index contributed by atoms with van der Waals surface area (Å²) in [4.78, 5) is 0. The summed E-state index contributed by atoms with van der Waals surface area (Å²) in [6, 6.07) is 10.5. The summed E-state index contributed by atoms with van der Waals surface area (Å²) < 4.78 is 32.6. The van der Waals surface area contributed by atoms with E-state index in [1.54, 1.807) is 18.2 Å². The van der Waals surface area contributed by atoms with E-state index in [2.05, 4.69) is 10.0 Å². The fourth-order valence-electron chi connectivity index (χ4n) is 1.97. The van der Waals surface area contributed by atoms with Gasteiger partial charge in [0, 0.05) is 0 Å². The van der Waals surface area contributed by atoms with E-state index >= 15 is 0 Å². The van der Waals surface area contributed by atoms with Crippen molar-refractivity contribution in [2.24, 2.45) is 0 Å². The second-order valence-electron chi connectivity index (χ2n) is 4.62. The maximum Gasteiger partial charge on any atom is 0.295 e. The van der Waals surface area contributed by atoms with Crippen LogP contribution >= 0.6 is 0 Å². The van der Waals surface area contributed by atoms with Gasteiger partial charge in [-0.2, -0.15) is 8.42 Å². The van der Waals surface area contributed by atoms with Crippen molar-refractivity contribution in [3.63, 3.8) is 0 Å². The van der Waals surface area contributed by atoms with Gasteiger partial charge in [-0.3, -0.25) is 4.72 Å². The van der Waals surface area contributed by atoms with Crippen LogP contribution in [-0.2, 0) is 23.0 Å². The van der Waals surface area contributed by atoms with Gasteiger partial charge in [0.05, 0.1) is 12.2 Å². The van der Waals surface area contributed by atoms with Gasteiger partial charge in [-0.05, 0) is 36.7 Å². The van der Waals surface area contributed by atoms with E-state index in [-0.39, 0.29) is 5.09 Å². The first-order valence-electron chi connectivity index (χ1n) is 6.97. The Morgan fingerprint density at radius 2 is 1.86 bits per heavy atom. The molecule has 0 radical (unpaired) electrons. The second kappa shape index (κ2) is 6.78. The fourth-order valence-corrected chi connectivity index (χ4v) is 3.02. The molecule has 0 saturated carbocycles. The van der Waals surface area contributed by atoms with Crippen LogP contribution in [0.5, 0.6) is 0 Å². The Bertz CT molecular complexity index is 692. The molecular formula is C15H20N2O3S. The minimum absolute atomic E-state index is 0.0682. The van der Waals surface area contributed by atoms with E-state index in [1.165, 1.54) is 6.07 Å². The van der Waals surface area contributed by atoms with Crippen molar-refractivity contribution in [3.8, 4) is 0 Å². The third-order valence-electron chi connectivity index (χ3n) is 3.09. The van der Waals surface area contributed by atoms with Crippen LogP contribution in [0, 0.1) is 0 Å². The Hall–Kier alpha value is -1.79. The predicted octanol–water partition coefficient (Wildman–Crippen LogP) is 2.75. The Morgan fingerprint density at radius 3 is 2.57 bits per heavy atom. The van der Waals surface area contributed by atoms with Crippen LogP contribution < -0.4 is 10.0 Å². The third kappa shape index (κ3) is 3.86.